The summed E-state index contributed by atoms with van der Waals surface area (Å²) in [6, 6.07) is -0.760. The normalized spacial score (nSPS) is 14.4. The molecule has 0 aromatic rings. The van der Waals surface area contributed by atoms with Crippen LogP contribution in [-0.4, -0.2) is 73.4 Å². The van der Waals surface area contributed by atoms with Crippen LogP contribution in [0.15, 0.2) is 36.5 Å². The molecule has 9 heteroatoms. The molecule has 0 aromatic carbocycles. The summed E-state index contributed by atoms with van der Waals surface area (Å²) in [7, 11) is 1.62. The Morgan fingerprint density at radius 3 is 1.36 bits per heavy atom. The van der Waals surface area contributed by atoms with Gasteiger partial charge in [0.25, 0.3) is 0 Å². The molecule has 0 bridgehead atoms. The highest BCUT2D eigenvalue weighted by Crippen LogP contribution is 2.43. The molecule has 0 radical (unpaired) electrons. The van der Waals surface area contributed by atoms with Crippen LogP contribution in [0.1, 0.15) is 239 Å². The number of allylic oxidation sites excluding steroid dienone is 6. The Morgan fingerprint density at radius 1 is 0.557 bits per heavy atom. The lowest BCUT2D eigenvalue weighted by molar-refractivity contribution is -0.870. The first-order valence-electron chi connectivity index (χ1n) is 25.9. The number of nitrogens with one attached hydrogen (secondary N) is 1. The summed E-state index contributed by atoms with van der Waals surface area (Å²) in [4.78, 5) is 23.2. The Balaban J connectivity index is 4.13. The second-order valence-electron chi connectivity index (χ2n) is 18.9. The lowest BCUT2D eigenvalue weighted by atomic mass is 10.0. The highest BCUT2D eigenvalue weighted by Gasteiger charge is 2.28. The average molecular weight is 882 g/mol. The van der Waals surface area contributed by atoms with Gasteiger partial charge in [-0.1, -0.05) is 217 Å². The van der Waals surface area contributed by atoms with Gasteiger partial charge in [-0.15, -0.1) is 0 Å². The van der Waals surface area contributed by atoms with Crippen molar-refractivity contribution in [2.45, 2.75) is 251 Å². The Labute approximate surface area is 378 Å². The van der Waals surface area contributed by atoms with Crippen LogP contribution in [0, 0.1) is 0 Å². The molecule has 1 amide bonds. The number of likely N-dealkylation sites (N-methyl/N-ethyl adjacent to an activating group) is 1. The second-order valence-corrected chi connectivity index (χ2v) is 20.4. The molecule has 0 spiro atoms. The summed E-state index contributed by atoms with van der Waals surface area (Å²) < 4.78 is 23.7. The number of phosphoric acid groups is 1. The van der Waals surface area contributed by atoms with E-state index in [1.807, 2.05) is 21.1 Å². The summed E-state index contributed by atoms with van der Waals surface area (Å²) in [6.07, 6.45) is 54.7. The van der Waals surface area contributed by atoms with Gasteiger partial charge in [-0.05, 0) is 51.4 Å². The van der Waals surface area contributed by atoms with E-state index >= 15 is 0 Å². The van der Waals surface area contributed by atoms with Gasteiger partial charge in [-0.25, -0.2) is 4.57 Å². The van der Waals surface area contributed by atoms with Gasteiger partial charge < -0.3 is 19.8 Å². The van der Waals surface area contributed by atoms with E-state index in [0.717, 1.165) is 51.4 Å². The first-order valence-corrected chi connectivity index (χ1v) is 27.3. The van der Waals surface area contributed by atoms with Crippen LogP contribution in [0.25, 0.3) is 0 Å². The predicted octanol–water partition coefficient (Wildman–Crippen LogP) is 15.0. The Kier molecular flexibility index (Phi) is 43.0. The van der Waals surface area contributed by atoms with Crippen LogP contribution >= 0.6 is 7.82 Å². The fourth-order valence-electron chi connectivity index (χ4n) is 7.52. The quantitative estimate of drug-likeness (QED) is 0.0243. The number of amides is 1. The smallest absolute Gasteiger partial charge is 0.391 e. The van der Waals surface area contributed by atoms with Crippen molar-refractivity contribution in [3.05, 3.63) is 36.5 Å². The molecule has 0 saturated heterocycles. The lowest BCUT2D eigenvalue weighted by Crippen LogP contribution is -2.46. The third-order valence-electron chi connectivity index (χ3n) is 11.6. The van der Waals surface area contributed by atoms with Crippen LogP contribution in [-0.2, 0) is 18.4 Å². The highest BCUT2D eigenvalue weighted by atomic mass is 31.2. The third-order valence-corrected chi connectivity index (χ3v) is 12.6. The molecule has 0 aromatic heterocycles. The molecule has 3 unspecified atom stereocenters. The highest BCUT2D eigenvalue weighted by molar-refractivity contribution is 7.47. The van der Waals surface area contributed by atoms with Crippen molar-refractivity contribution in [1.29, 1.82) is 0 Å². The van der Waals surface area contributed by atoms with Gasteiger partial charge in [0.2, 0.25) is 5.91 Å². The molecular weight excluding hydrogens is 780 g/mol. The predicted molar refractivity (Wildman–Crippen MR) is 263 cm³/mol. The number of carbonyl (C=O) groups excluding carboxylic acids is 1. The SMILES string of the molecule is CCCCCCC/C=C\C/C=C\C/C=C\CCCCCCCCCCCCCCC(=O)NC(COP(=O)(O)OCC[N+](C)(C)C)C(O)CCCCCCCCCCCCCC. The number of carbonyl (C=O) groups is 1. The number of unbranched alkanes of at least 4 members (excludes halogenated alkanes) is 28. The zero-order valence-electron chi connectivity index (χ0n) is 40.9. The molecule has 0 saturated carbocycles. The summed E-state index contributed by atoms with van der Waals surface area (Å²) in [5, 5.41) is 14.0. The molecule has 360 valence electrons. The number of hydrogen-bond acceptors (Lipinski definition) is 5. The van der Waals surface area contributed by atoms with E-state index in [9.17, 15) is 19.4 Å². The van der Waals surface area contributed by atoms with Gasteiger partial charge in [0.05, 0.1) is 39.9 Å². The molecule has 0 heterocycles. The van der Waals surface area contributed by atoms with Crippen molar-refractivity contribution < 1.29 is 32.9 Å². The monoisotopic (exact) mass is 882 g/mol. The first-order chi connectivity index (χ1) is 29.5. The van der Waals surface area contributed by atoms with Crippen LogP contribution < -0.4 is 5.32 Å². The maximum Gasteiger partial charge on any atom is 0.472 e. The Bertz CT molecular complexity index is 1090. The minimum Gasteiger partial charge on any atom is -0.391 e. The number of quaternary nitrogens is 1. The fourth-order valence-corrected chi connectivity index (χ4v) is 8.26. The Hall–Kier alpha value is -1.28. The van der Waals surface area contributed by atoms with Gasteiger partial charge in [0.15, 0.2) is 0 Å². The van der Waals surface area contributed by atoms with Crippen LogP contribution in [0.2, 0.25) is 0 Å². The fraction of sp³-hybridized carbons (Fsp3) is 0.865. The maximum atomic E-state index is 12.9. The number of phosphoric ester groups is 1. The molecule has 0 aliphatic carbocycles. The van der Waals surface area contributed by atoms with E-state index in [0.29, 0.717) is 23.9 Å². The topological polar surface area (TPSA) is 105 Å². The first kappa shape index (κ1) is 59.7. The minimum absolute atomic E-state index is 0.0743. The van der Waals surface area contributed by atoms with Crippen molar-refractivity contribution >= 4 is 13.7 Å². The summed E-state index contributed by atoms with van der Waals surface area (Å²) in [6.45, 7) is 4.88. The van der Waals surface area contributed by atoms with Crippen LogP contribution in [0.3, 0.4) is 0 Å². The molecule has 3 atom stereocenters. The van der Waals surface area contributed by atoms with Crippen LogP contribution in [0.4, 0.5) is 0 Å². The van der Waals surface area contributed by atoms with E-state index < -0.39 is 20.0 Å². The zero-order chi connectivity index (χ0) is 45.0. The molecular formula is C52H102N2O6P+. The van der Waals surface area contributed by atoms with Crippen molar-refractivity contribution in [3.63, 3.8) is 0 Å². The van der Waals surface area contributed by atoms with Gasteiger partial charge in [0, 0.05) is 6.42 Å². The van der Waals surface area contributed by atoms with Gasteiger partial charge in [0.1, 0.15) is 13.2 Å². The number of aliphatic hydroxyl groups is 1. The molecule has 61 heavy (non-hydrogen) atoms. The molecule has 3 N–H and O–H groups in total. The number of hydrogen-bond donors (Lipinski definition) is 3. The maximum absolute atomic E-state index is 12.9. The average Bonchev–Trinajstić information content (AvgIpc) is 3.21. The van der Waals surface area contributed by atoms with Crippen molar-refractivity contribution in [2.75, 3.05) is 40.9 Å². The molecule has 0 aliphatic rings. The van der Waals surface area contributed by atoms with E-state index in [2.05, 4.69) is 55.6 Å². The van der Waals surface area contributed by atoms with Gasteiger partial charge >= 0.3 is 7.82 Å². The summed E-state index contributed by atoms with van der Waals surface area (Å²) >= 11 is 0. The number of aliphatic hydroxyl groups excluding tert-OH is 1. The van der Waals surface area contributed by atoms with Gasteiger partial charge in [-0.3, -0.25) is 13.8 Å². The molecule has 0 rings (SSSR count). The molecule has 0 aliphatic heterocycles. The molecule has 0 fully saturated rings. The zero-order valence-corrected chi connectivity index (χ0v) is 41.8. The summed E-state index contributed by atoms with van der Waals surface area (Å²) in [5.41, 5.74) is 0. The third kappa shape index (κ3) is 46.5. The Morgan fingerprint density at radius 2 is 0.934 bits per heavy atom. The summed E-state index contributed by atoms with van der Waals surface area (Å²) in [5.74, 6) is -0.147. The van der Waals surface area contributed by atoms with E-state index in [-0.39, 0.29) is 19.1 Å². The van der Waals surface area contributed by atoms with Crippen molar-refractivity contribution in [3.8, 4) is 0 Å². The van der Waals surface area contributed by atoms with E-state index in [1.54, 1.807) is 0 Å². The van der Waals surface area contributed by atoms with Gasteiger partial charge in [-0.2, -0.15) is 0 Å². The van der Waals surface area contributed by atoms with Crippen molar-refractivity contribution in [1.82, 2.24) is 5.32 Å². The van der Waals surface area contributed by atoms with Crippen LogP contribution in [0.5, 0.6) is 0 Å². The molecule has 8 nitrogen and oxygen atoms in total. The minimum atomic E-state index is -4.31. The van der Waals surface area contributed by atoms with Crippen molar-refractivity contribution in [2.24, 2.45) is 0 Å². The number of rotatable bonds is 47. The second kappa shape index (κ2) is 43.9. The standard InChI is InChI=1S/C52H101N2O6P/c1-6-8-10-12-14-16-18-20-21-22-23-24-25-26-27-28-29-30-31-32-33-34-36-38-40-42-44-46-52(56)53-50(49-60-61(57,58)59-48-47-54(3,4)5)51(55)45-43-41-39-37-35-19-17-15-13-11-9-7-2/h18,20,22-23,25-26,50-51,55H,6-17,19,21,24,27-49H2,1-5H3,(H-,53,56,57,58)/p+1/b20-18-,23-22-,26-25-. The number of nitrogens with zero attached hydrogens (tertiary/aromatic N) is 1. The van der Waals surface area contributed by atoms with E-state index in [1.165, 1.54) is 161 Å². The van der Waals surface area contributed by atoms with E-state index in [4.69, 9.17) is 9.05 Å². The lowest BCUT2D eigenvalue weighted by Gasteiger charge is -2.26. The largest absolute Gasteiger partial charge is 0.472 e.